The first kappa shape index (κ1) is 30.4. The van der Waals surface area contributed by atoms with Crippen molar-refractivity contribution in [1.82, 2.24) is 9.88 Å². The van der Waals surface area contributed by atoms with Crippen LogP contribution in [0.3, 0.4) is 0 Å². The number of aliphatic hydroxyl groups is 1. The molecule has 0 spiro atoms. The molecule has 10 nitrogen and oxygen atoms in total. The third kappa shape index (κ3) is 7.66. The number of benzene rings is 2. The van der Waals surface area contributed by atoms with Crippen molar-refractivity contribution in [2.45, 2.75) is 37.2 Å². The summed E-state index contributed by atoms with van der Waals surface area (Å²) in [7, 11) is -2.06. The Hall–Kier alpha value is -5.05. The quantitative estimate of drug-likeness (QED) is 0.242. The first-order valence-electron chi connectivity index (χ1n) is 13.9. The lowest BCUT2D eigenvalue weighted by Gasteiger charge is -2.30. The average Bonchev–Trinajstić information content (AvgIpc) is 3.46. The Balaban J connectivity index is 1.28. The summed E-state index contributed by atoms with van der Waals surface area (Å²) in [6.45, 7) is 2.61. The zero-order valence-corrected chi connectivity index (χ0v) is 24.7. The number of rotatable bonds is 6. The minimum atomic E-state index is -2.06. The molecule has 5 rings (SSSR count). The van der Waals surface area contributed by atoms with E-state index in [0.29, 0.717) is 35.3 Å². The molecule has 11 heteroatoms. The summed E-state index contributed by atoms with van der Waals surface area (Å²) in [5, 5.41) is 12.7. The summed E-state index contributed by atoms with van der Waals surface area (Å²) in [5.74, 6) is 4.88. The van der Waals surface area contributed by atoms with Gasteiger partial charge in [0.1, 0.15) is 0 Å². The van der Waals surface area contributed by atoms with E-state index in [1.807, 2.05) is 0 Å². The van der Waals surface area contributed by atoms with Crippen LogP contribution in [0.15, 0.2) is 93.0 Å². The average molecular weight is 610 g/mol. The molecule has 1 aliphatic heterocycles. The summed E-state index contributed by atoms with van der Waals surface area (Å²) in [5.41, 5.74) is 2.93. The molecule has 2 aromatic heterocycles. The number of aliphatic hydroxyl groups excluding tert-OH is 1. The number of piperidine rings is 1. The Labute approximate surface area is 256 Å². The Morgan fingerprint density at radius 3 is 2.70 bits per heavy atom. The second-order valence-corrected chi connectivity index (χ2v) is 11.4. The Bertz CT molecular complexity index is 1860. The summed E-state index contributed by atoms with van der Waals surface area (Å²) in [6, 6.07) is 16.8. The number of carbonyl (C=O) groups is 3. The number of aromatic nitrogens is 1. The van der Waals surface area contributed by atoms with Crippen molar-refractivity contribution in [1.29, 1.82) is 0 Å². The SMILES string of the molecule is Cc1ccoc1C(=O)Nc1cccc(C#Cc2cncc(C(=O)N=[S-](=O)c3ccccc3CC(=O)N3CCCC(O)C3)c2)c1. The maximum absolute atomic E-state index is 13.1. The van der Waals surface area contributed by atoms with Gasteiger partial charge in [0, 0.05) is 47.9 Å². The van der Waals surface area contributed by atoms with Crippen LogP contribution in [0, 0.1) is 18.8 Å². The summed E-state index contributed by atoms with van der Waals surface area (Å²) in [6.07, 6.45) is 5.08. The molecule has 44 heavy (non-hydrogen) atoms. The van der Waals surface area contributed by atoms with E-state index in [4.69, 9.17) is 4.42 Å². The molecule has 1 aliphatic rings. The Morgan fingerprint density at radius 2 is 1.91 bits per heavy atom. The third-order valence-corrected chi connectivity index (χ3v) is 8.05. The first-order valence-corrected chi connectivity index (χ1v) is 15.0. The monoisotopic (exact) mass is 609 g/mol. The van der Waals surface area contributed by atoms with Crippen LogP contribution in [0.2, 0.25) is 0 Å². The van der Waals surface area contributed by atoms with Crippen molar-refractivity contribution in [3.63, 3.8) is 0 Å². The smallest absolute Gasteiger partial charge is 0.291 e. The standard InChI is InChI=1S/C33H29N4O6S/c1-22-13-15-43-31(22)33(41)35-27-8-4-6-23(17-27)11-12-24-16-26(20-34-19-24)32(40)36-44(42)29-10-3-2-7-25(29)18-30(39)37-14-5-9-28(38)21-37/h2-4,6-8,10,13,15-17,19-20,28,38H,5,9,14,18,21H2,1H3,(H,35,41)/q-1. The van der Waals surface area contributed by atoms with Gasteiger partial charge >= 0.3 is 0 Å². The van der Waals surface area contributed by atoms with Gasteiger partial charge in [0.25, 0.3) is 11.8 Å². The van der Waals surface area contributed by atoms with E-state index in [-0.39, 0.29) is 41.0 Å². The van der Waals surface area contributed by atoms with Crippen molar-refractivity contribution >= 4 is 34.0 Å². The van der Waals surface area contributed by atoms with Gasteiger partial charge in [0.15, 0.2) is 5.76 Å². The van der Waals surface area contributed by atoms with Crippen LogP contribution in [-0.2, 0) is 26.0 Å². The number of likely N-dealkylation sites (tertiary alicyclic amines) is 1. The fourth-order valence-corrected chi connectivity index (χ4v) is 5.60. The molecule has 4 aromatic rings. The van der Waals surface area contributed by atoms with E-state index in [0.717, 1.165) is 12.0 Å². The van der Waals surface area contributed by atoms with E-state index >= 15 is 0 Å². The lowest BCUT2D eigenvalue weighted by Crippen LogP contribution is -2.42. The lowest BCUT2D eigenvalue weighted by atomic mass is 10.1. The van der Waals surface area contributed by atoms with E-state index < -0.39 is 22.6 Å². The second kappa shape index (κ2) is 13.9. The van der Waals surface area contributed by atoms with Crippen molar-refractivity contribution in [2.24, 2.45) is 4.36 Å². The van der Waals surface area contributed by atoms with Gasteiger partial charge in [-0.1, -0.05) is 52.6 Å². The van der Waals surface area contributed by atoms with Gasteiger partial charge < -0.3 is 28.3 Å². The van der Waals surface area contributed by atoms with E-state index in [9.17, 15) is 23.7 Å². The van der Waals surface area contributed by atoms with E-state index in [1.54, 1.807) is 66.4 Å². The Kier molecular flexibility index (Phi) is 9.64. The van der Waals surface area contributed by atoms with Crippen molar-refractivity contribution < 1.29 is 28.1 Å². The highest BCUT2D eigenvalue weighted by atomic mass is 32.2. The molecule has 2 aromatic carbocycles. The Morgan fingerprint density at radius 1 is 1.09 bits per heavy atom. The normalized spacial score (nSPS) is 15.2. The van der Waals surface area contributed by atoms with Crippen LogP contribution in [0.1, 0.15) is 56.0 Å². The molecule has 0 aliphatic carbocycles. The minimum absolute atomic E-state index is 0.0155. The summed E-state index contributed by atoms with van der Waals surface area (Å²) < 4.78 is 22.2. The molecule has 1 atom stereocenters. The second-order valence-electron chi connectivity index (χ2n) is 10.2. The van der Waals surface area contributed by atoms with Gasteiger partial charge in [0.05, 0.1) is 24.4 Å². The summed E-state index contributed by atoms with van der Waals surface area (Å²) >= 11 is 0. The van der Waals surface area contributed by atoms with Gasteiger partial charge in [-0.25, -0.2) is 0 Å². The highest BCUT2D eigenvalue weighted by Crippen LogP contribution is 2.18. The molecule has 2 N–H and O–H groups in total. The molecular formula is C33H29N4O6S-. The summed E-state index contributed by atoms with van der Waals surface area (Å²) in [4.78, 5) is 44.2. The van der Waals surface area contributed by atoms with Gasteiger partial charge in [-0.05, 0) is 50.1 Å². The van der Waals surface area contributed by atoms with Crippen LogP contribution in [0.25, 0.3) is 0 Å². The number of hydrogen-bond donors (Lipinski definition) is 2. The minimum Gasteiger partial charge on any atom is -0.459 e. The van der Waals surface area contributed by atoms with Gasteiger partial charge in [-0.2, -0.15) is 10.6 Å². The van der Waals surface area contributed by atoms with Crippen LogP contribution in [0.4, 0.5) is 5.69 Å². The number of pyridine rings is 1. The van der Waals surface area contributed by atoms with Crippen molar-refractivity contribution in [2.75, 3.05) is 18.4 Å². The largest absolute Gasteiger partial charge is 0.459 e. The number of amides is 3. The van der Waals surface area contributed by atoms with Crippen LogP contribution in [0.5, 0.6) is 0 Å². The predicted octanol–water partition coefficient (Wildman–Crippen LogP) is 4.51. The number of anilines is 1. The maximum Gasteiger partial charge on any atom is 0.291 e. The highest BCUT2D eigenvalue weighted by molar-refractivity contribution is 7.75. The molecule has 0 bridgehead atoms. The van der Waals surface area contributed by atoms with Crippen LogP contribution < -0.4 is 5.32 Å². The third-order valence-electron chi connectivity index (χ3n) is 6.94. The topological polar surface area (TPSA) is 142 Å². The van der Waals surface area contributed by atoms with E-state index in [1.165, 1.54) is 24.7 Å². The first-order chi connectivity index (χ1) is 21.3. The molecule has 1 unspecified atom stereocenters. The van der Waals surface area contributed by atoms with Gasteiger partial charge in [-0.15, -0.1) is 0 Å². The molecule has 0 radical (unpaired) electrons. The maximum atomic E-state index is 13.1. The number of furan rings is 1. The molecule has 0 saturated carbocycles. The fourth-order valence-electron chi connectivity index (χ4n) is 4.69. The number of aryl methyl sites for hydroxylation is 1. The molecule has 1 saturated heterocycles. The number of hydrogen-bond acceptors (Lipinski definition) is 8. The highest BCUT2D eigenvalue weighted by Gasteiger charge is 2.22. The number of β-amino-alcohol motifs (C(OH)–C–C–N with tert-alkyl or cyclic N) is 1. The zero-order valence-electron chi connectivity index (χ0n) is 23.9. The van der Waals surface area contributed by atoms with Gasteiger partial charge in [-0.3, -0.25) is 19.4 Å². The number of nitrogens with zero attached hydrogens (tertiary/aromatic N) is 3. The van der Waals surface area contributed by atoms with Crippen LogP contribution >= 0.6 is 0 Å². The van der Waals surface area contributed by atoms with Crippen molar-refractivity contribution in [3.05, 3.63) is 113 Å². The fraction of sp³-hybridized carbons (Fsp3) is 0.212. The van der Waals surface area contributed by atoms with Gasteiger partial charge in [0.2, 0.25) is 5.91 Å². The lowest BCUT2D eigenvalue weighted by molar-refractivity contribution is -0.133. The van der Waals surface area contributed by atoms with Crippen molar-refractivity contribution in [3.8, 4) is 11.8 Å². The molecule has 1 fully saturated rings. The molecule has 224 valence electrons. The van der Waals surface area contributed by atoms with Crippen LogP contribution in [-0.4, -0.2) is 51.9 Å². The van der Waals surface area contributed by atoms with E-state index in [2.05, 4.69) is 26.5 Å². The predicted molar refractivity (Wildman–Crippen MR) is 163 cm³/mol. The molecule has 3 amide bonds. The number of carbonyl (C=O) groups excluding carboxylic acids is 3. The zero-order chi connectivity index (χ0) is 31.1. The molecule has 3 heterocycles. The molecular weight excluding hydrogens is 580 g/mol. The number of nitrogens with one attached hydrogen (secondary N) is 1.